The molecular weight excluding hydrogens is 246 g/mol. The molecule has 1 N–H and O–H groups in total. The van der Waals surface area contributed by atoms with Crippen LogP contribution in [-0.4, -0.2) is 19.1 Å². The number of halogens is 2. The van der Waals surface area contributed by atoms with E-state index < -0.39 is 11.6 Å². The number of benzene rings is 1. The Balaban J connectivity index is 3.10. The van der Waals surface area contributed by atoms with Gasteiger partial charge in [-0.05, 0) is 44.5 Å². The van der Waals surface area contributed by atoms with Crippen LogP contribution in [-0.2, 0) is 6.54 Å². The fraction of sp³-hybridized carbons (Fsp3) is 0.600. The lowest BCUT2D eigenvalue weighted by molar-refractivity contribution is 0.451. The Morgan fingerprint density at radius 3 is 2.11 bits per heavy atom. The predicted molar refractivity (Wildman–Crippen MR) is 76.5 cm³/mol. The maximum Gasteiger partial charge on any atom is 0.149 e. The van der Waals surface area contributed by atoms with Crippen LogP contribution in [0.1, 0.15) is 39.7 Å². The van der Waals surface area contributed by atoms with Gasteiger partial charge in [-0.1, -0.05) is 13.8 Å². The minimum atomic E-state index is -0.503. The van der Waals surface area contributed by atoms with E-state index in [0.717, 1.165) is 13.0 Å². The summed E-state index contributed by atoms with van der Waals surface area (Å²) in [4.78, 5) is 1.68. The van der Waals surface area contributed by atoms with E-state index >= 15 is 0 Å². The Hall–Kier alpha value is -1.16. The predicted octanol–water partition coefficient (Wildman–Crippen LogP) is 3.70. The first-order valence-corrected chi connectivity index (χ1v) is 6.76. The Labute approximate surface area is 114 Å². The number of anilines is 1. The minimum Gasteiger partial charge on any atom is -0.365 e. The van der Waals surface area contributed by atoms with Crippen molar-refractivity contribution in [3.8, 4) is 0 Å². The summed E-state index contributed by atoms with van der Waals surface area (Å²) in [6, 6.07) is 2.81. The van der Waals surface area contributed by atoms with Gasteiger partial charge in [0.05, 0.1) is 0 Å². The van der Waals surface area contributed by atoms with Crippen LogP contribution in [0.3, 0.4) is 0 Å². The maximum absolute atomic E-state index is 14.1. The number of rotatable bonds is 6. The number of hydrogen-bond acceptors (Lipinski definition) is 2. The highest BCUT2D eigenvalue weighted by Crippen LogP contribution is 2.30. The highest BCUT2D eigenvalue weighted by atomic mass is 19.1. The minimum absolute atomic E-state index is 0.0482. The topological polar surface area (TPSA) is 15.3 Å². The van der Waals surface area contributed by atoms with Gasteiger partial charge >= 0.3 is 0 Å². The molecule has 0 amide bonds. The SMILES string of the molecule is CCNCc1cc(F)c(N(C)C(C)(C)CC)c(F)c1. The third kappa shape index (κ3) is 3.66. The van der Waals surface area contributed by atoms with Crippen LogP contribution in [0.4, 0.5) is 14.5 Å². The van der Waals surface area contributed by atoms with E-state index in [4.69, 9.17) is 0 Å². The summed E-state index contributed by atoms with van der Waals surface area (Å²) in [6.45, 7) is 9.15. The fourth-order valence-corrected chi connectivity index (χ4v) is 1.85. The Kier molecular flexibility index (Phi) is 5.29. The van der Waals surface area contributed by atoms with Gasteiger partial charge in [0.15, 0.2) is 0 Å². The third-order valence-corrected chi connectivity index (χ3v) is 3.76. The molecule has 0 saturated heterocycles. The van der Waals surface area contributed by atoms with Crippen LogP contribution in [0.15, 0.2) is 12.1 Å². The Morgan fingerprint density at radius 1 is 1.16 bits per heavy atom. The van der Waals surface area contributed by atoms with Crippen molar-refractivity contribution in [2.24, 2.45) is 0 Å². The van der Waals surface area contributed by atoms with E-state index in [2.05, 4.69) is 5.32 Å². The van der Waals surface area contributed by atoms with Crippen molar-refractivity contribution < 1.29 is 8.78 Å². The zero-order chi connectivity index (χ0) is 14.6. The van der Waals surface area contributed by atoms with Gasteiger partial charge in [0.25, 0.3) is 0 Å². The van der Waals surface area contributed by atoms with Crippen LogP contribution in [0.2, 0.25) is 0 Å². The molecule has 0 saturated carbocycles. The summed E-state index contributed by atoms with van der Waals surface area (Å²) in [5.74, 6) is -1.01. The van der Waals surface area contributed by atoms with Gasteiger partial charge in [-0.3, -0.25) is 0 Å². The third-order valence-electron chi connectivity index (χ3n) is 3.76. The lowest BCUT2D eigenvalue weighted by atomic mass is 9.98. The summed E-state index contributed by atoms with van der Waals surface area (Å²) in [5.41, 5.74) is 0.389. The second kappa shape index (κ2) is 6.33. The van der Waals surface area contributed by atoms with Crippen LogP contribution >= 0.6 is 0 Å². The Morgan fingerprint density at radius 2 is 1.68 bits per heavy atom. The first-order valence-electron chi connectivity index (χ1n) is 6.76. The van der Waals surface area contributed by atoms with E-state index in [1.807, 2.05) is 27.7 Å². The molecule has 1 aromatic carbocycles. The summed E-state index contributed by atoms with van der Waals surface area (Å²) in [6.07, 6.45) is 0.807. The van der Waals surface area contributed by atoms with Gasteiger partial charge < -0.3 is 10.2 Å². The van der Waals surface area contributed by atoms with Crippen LogP contribution in [0.5, 0.6) is 0 Å². The van der Waals surface area contributed by atoms with Gasteiger partial charge in [0.1, 0.15) is 17.3 Å². The van der Waals surface area contributed by atoms with Gasteiger partial charge in [0, 0.05) is 19.1 Å². The molecule has 0 fully saturated rings. The summed E-state index contributed by atoms with van der Waals surface area (Å²) in [5, 5.41) is 3.06. The molecule has 0 bridgehead atoms. The normalized spacial score (nSPS) is 11.7. The summed E-state index contributed by atoms with van der Waals surface area (Å²) < 4.78 is 28.3. The monoisotopic (exact) mass is 270 g/mol. The van der Waals surface area contributed by atoms with E-state index in [1.165, 1.54) is 12.1 Å². The molecule has 0 aliphatic carbocycles. The molecule has 1 aromatic rings. The fourth-order valence-electron chi connectivity index (χ4n) is 1.85. The van der Waals surface area contributed by atoms with Crippen molar-refractivity contribution in [3.63, 3.8) is 0 Å². The molecule has 2 nitrogen and oxygen atoms in total. The first-order chi connectivity index (χ1) is 8.83. The molecule has 0 atom stereocenters. The maximum atomic E-state index is 14.1. The summed E-state index contributed by atoms with van der Waals surface area (Å²) >= 11 is 0. The van der Waals surface area contributed by atoms with Gasteiger partial charge in [-0.15, -0.1) is 0 Å². The number of nitrogens with one attached hydrogen (secondary N) is 1. The smallest absolute Gasteiger partial charge is 0.149 e. The molecule has 1 rings (SSSR count). The van der Waals surface area contributed by atoms with Crippen molar-refractivity contribution in [2.75, 3.05) is 18.5 Å². The average molecular weight is 270 g/mol. The van der Waals surface area contributed by atoms with Crippen molar-refractivity contribution in [2.45, 2.75) is 46.2 Å². The van der Waals surface area contributed by atoms with Gasteiger partial charge in [0.2, 0.25) is 0 Å². The molecule has 108 valence electrons. The quantitative estimate of drug-likeness (QED) is 0.848. The first kappa shape index (κ1) is 15.9. The lowest BCUT2D eigenvalue weighted by Crippen LogP contribution is -2.41. The Bertz CT molecular complexity index is 407. The molecule has 0 aliphatic rings. The molecule has 0 heterocycles. The van der Waals surface area contributed by atoms with E-state index in [0.29, 0.717) is 12.1 Å². The second-order valence-electron chi connectivity index (χ2n) is 5.41. The van der Waals surface area contributed by atoms with E-state index in [1.54, 1.807) is 11.9 Å². The zero-order valence-electron chi connectivity index (χ0n) is 12.5. The highest BCUT2D eigenvalue weighted by Gasteiger charge is 2.26. The van der Waals surface area contributed by atoms with E-state index in [-0.39, 0.29) is 11.2 Å². The molecule has 0 spiro atoms. The molecule has 0 radical (unpaired) electrons. The number of hydrogen-bond donors (Lipinski definition) is 1. The molecule has 0 aliphatic heterocycles. The van der Waals surface area contributed by atoms with Crippen molar-refractivity contribution in [3.05, 3.63) is 29.3 Å². The molecule has 0 aromatic heterocycles. The van der Waals surface area contributed by atoms with Gasteiger partial charge in [-0.2, -0.15) is 0 Å². The zero-order valence-corrected chi connectivity index (χ0v) is 12.5. The van der Waals surface area contributed by atoms with Crippen LogP contribution in [0, 0.1) is 11.6 Å². The molecular formula is C15H24F2N2. The van der Waals surface area contributed by atoms with Crippen LogP contribution in [0.25, 0.3) is 0 Å². The largest absolute Gasteiger partial charge is 0.365 e. The van der Waals surface area contributed by atoms with Crippen LogP contribution < -0.4 is 10.2 Å². The second-order valence-corrected chi connectivity index (χ2v) is 5.41. The van der Waals surface area contributed by atoms with Crippen molar-refractivity contribution in [1.29, 1.82) is 0 Å². The average Bonchev–Trinajstić information content (AvgIpc) is 2.35. The summed E-state index contributed by atoms with van der Waals surface area (Å²) in [7, 11) is 1.73. The lowest BCUT2D eigenvalue weighted by Gasteiger charge is -2.37. The van der Waals surface area contributed by atoms with Gasteiger partial charge in [-0.25, -0.2) is 8.78 Å². The molecule has 4 heteroatoms. The number of nitrogens with zero attached hydrogens (tertiary/aromatic N) is 1. The molecule has 19 heavy (non-hydrogen) atoms. The van der Waals surface area contributed by atoms with Crippen molar-refractivity contribution in [1.82, 2.24) is 5.32 Å². The standard InChI is InChI=1S/C15H24F2N2/c1-6-15(3,4)19(5)14-12(16)8-11(9-13(14)17)10-18-7-2/h8-9,18H,6-7,10H2,1-5H3. The molecule has 0 unspecified atom stereocenters. The van der Waals surface area contributed by atoms with Crippen molar-refractivity contribution >= 4 is 5.69 Å². The highest BCUT2D eigenvalue weighted by molar-refractivity contribution is 5.52. The van der Waals surface area contributed by atoms with E-state index in [9.17, 15) is 8.78 Å².